The summed E-state index contributed by atoms with van der Waals surface area (Å²) in [5.74, 6) is 1.25. The molecule has 0 spiro atoms. The summed E-state index contributed by atoms with van der Waals surface area (Å²) in [6.45, 7) is 2.80. The second-order valence-corrected chi connectivity index (χ2v) is 4.37. The van der Waals surface area contributed by atoms with Crippen molar-refractivity contribution in [1.29, 1.82) is 0 Å². The van der Waals surface area contributed by atoms with E-state index in [9.17, 15) is 9.59 Å². The summed E-state index contributed by atoms with van der Waals surface area (Å²) >= 11 is 0. The van der Waals surface area contributed by atoms with Crippen molar-refractivity contribution in [2.45, 2.75) is 13.8 Å². The highest BCUT2D eigenvalue weighted by Gasteiger charge is 2.01. The summed E-state index contributed by atoms with van der Waals surface area (Å²) in [4.78, 5) is 21.7. The largest absolute Gasteiger partial charge is 0.457 e. The Balaban J connectivity index is 2.01. The Kier molecular flexibility index (Phi) is 4.56. The minimum Gasteiger partial charge on any atom is -0.457 e. The minimum atomic E-state index is -0.364. The van der Waals surface area contributed by atoms with Crippen LogP contribution in [0.3, 0.4) is 0 Å². The maximum absolute atomic E-state index is 10.9. The van der Waals surface area contributed by atoms with Crippen LogP contribution in [0.2, 0.25) is 0 Å². The zero-order valence-corrected chi connectivity index (χ0v) is 11.8. The van der Waals surface area contributed by atoms with E-state index in [-0.39, 0.29) is 11.9 Å². The maximum Gasteiger partial charge on any atom is 0.308 e. The van der Waals surface area contributed by atoms with Crippen LogP contribution in [-0.4, -0.2) is 11.9 Å². The van der Waals surface area contributed by atoms with E-state index in [1.54, 1.807) is 48.5 Å². The standard InChI is InChI=1S/C16H15NO4/c1-11(18)17-13-3-5-15(6-4-13)21-16-9-7-14(8-10-16)20-12(2)19/h3-10H,1-2H3,(H,17,18). The first-order valence-corrected chi connectivity index (χ1v) is 6.37. The molecule has 0 fully saturated rings. The lowest BCUT2D eigenvalue weighted by atomic mass is 10.3. The fraction of sp³-hybridized carbons (Fsp3) is 0.125. The normalized spacial score (nSPS) is 9.81. The van der Waals surface area contributed by atoms with Crippen LogP contribution in [0.5, 0.6) is 17.2 Å². The monoisotopic (exact) mass is 285 g/mol. The number of carbonyl (C=O) groups is 2. The molecule has 2 rings (SSSR count). The molecule has 0 heterocycles. The molecule has 0 aliphatic carbocycles. The number of carbonyl (C=O) groups excluding carboxylic acids is 2. The number of esters is 1. The van der Waals surface area contributed by atoms with E-state index in [2.05, 4.69) is 5.32 Å². The molecule has 5 nitrogen and oxygen atoms in total. The molecule has 0 saturated carbocycles. The summed E-state index contributed by atoms with van der Waals surface area (Å²) in [5, 5.41) is 2.68. The Hall–Kier alpha value is -2.82. The first-order chi connectivity index (χ1) is 10.0. The van der Waals surface area contributed by atoms with E-state index in [0.29, 0.717) is 22.9 Å². The molecule has 2 aromatic carbocycles. The number of ether oxygens (including phenoxy) is 2. The van der Waals surface area contributed by atoms with Crippen molar-refractivity contribution in [2.75, 3.05) is 5.32 Å². The topological polar surface area (TPSA) is 64.6 Å². The number of nitrogens with one attached hydrogen (secondary N) is 1. The summed E-state index contributed by atoms with van der Waals surface area (Å²) in [6, 6.07) is 13.7. The van der Waals surface area contributed by atoms with Gasteiger partial charge < -0.3 is 14.8 Å². The van der Waals surface area contributed by atoms with E-state index >= 15 is 0 Å². The molecule has 1 amide bonds. The predicted molar refractivity (Wildman–Crippen MR) is 78.6 cm³/mol. The molecule has 0 aliphatic heterocycles. The molecule has 0 atom stereocenters. The van der Waals surface area contributed by atoms with E-state index < -0.39 is 0 Å². The van der Waals surface area contributed by atoms with Crippen molar-refractivity contribution in [1.82, 2.24) is 0 Å². The van der Waals surface area contributed by atoms with Crippen molar-refractivity contribution < 1.29 is 19.1 Å². The molecule has 108 valence electrons. The summed E-state index contributed by atoms with van der Waals surface area (Å²) < 4.78 is 10.6. The third-order valence-corrected chi connectivity index (χ3v) is 2.50. The zero-order chi connectivity index (χ0) is 15.2. The molecule has 0 saturated heterocycles. The van der Waals surface area contributed by atoms with Crippen LogP contribution in [0.1, 0.15) is 13.8 Å². The van der Waals surface area contributed by atoms with Crippen molar-refractivity contribution >= 4 is 17.6 Å². The van der Waals surface area contributed by atoms with Gasteiger partial charge in [0.05, 0.1) is 0 Å². The van der Waals surface area contributed by atoms with E-state index in [1.165, 1.54) is 13.8 Å². The molecule has 0 aliphatic rings. The second-order valence-electron chi connectivity index (χ2n) is 4.37. The molecular weight excluding hydrogens is 270 g/mol. The maximum atomic E-state index is 10.9. The van der Waals surface area contributed by atoms with Crippen LogP contribution in [0.15, 0.2) is 48.5 Å². The van der Waals surface area contributed by atoms with Gasteiger partial charge in [0.25, 0.3) is 0 Å². The molecule has 0 bridgehead atoms. The van der Waals surface area contributed by atoms with Gasteiger partial charge in [-0.25, -0.2) is 0 Å². The summed E-state index contributed by atoms with van der Waals surface area (Å²) in [6.07, 6.45) is 0. The molecule has 5 heteroatoms. The van der Waals surface area contributed by atoms with Crippen molar-refractivity contribution in [3.63, 3.8) is 0 Å². The highest BCUT2D eigenvalue weighted by atomic mass is 16.5. The Labute approximate surface area is 122 Å². The first kappa shape index (κ1) is 14.6. The van der Waals surface area contributed by atoms with Crippen LogP contribution >= 0.6 is 0 Å². The molecule has 1 N–H and O–H groups in total. The van der Waals surface area contributed by atoms with Gasteiger partial charge in [0, 0.05) is 19.5 Å². The fourth-order valence-electron chi connectivity index (χ4n) is 1.69. The number of hydrogen-bond donors (Lipinski definition) is 1. The summed E-state index contributed by atoms with van der Waals surface area (Å²) in [7, 11) is 0. The van der Waals surface area contributed by atoms with Crippen LogP contribution in [0, 0.1) is 0 Å². The number of amides is 1. The van der Waals surface area contributed by atoms with E-state index in [0.717, 1.165) is 0 Å². The Morgan fingerprint density at radius 3 is 1.76 bits per heavy atom. The van der Waals surface area contributed by atoms with Crippen LogP contribution in [-0.2, 0) is 9.59 Å². The van der Waals surface area contributed by atoms with Gasteiger partial charge in [-0.1, -0.05) is 0 Å². The van der Waals surface area contributed by atoms with Crippen LogP contribution in [0.25, 0.3) is 0 Å². The Morgan fingerprint density at radius 2 is 1.29 bits per heavy atom. The SMILES string of the molecule is CC(=O)Nc1ccc(Oc2ccc(OC(C)=O)cc2)cc1. The van der Waals surface area contributed by atoms with Crippen LogP contribution < -0.4 is 14.8 Å². The van der Waals surface area contributed by atoms with Crippen molar-refractivity contribution in [3.8, 4) is 17.2 Å². The van der Waals surface area contributed by atoms with Gasteiger partial charge in [-0.2, -0.15) is 0 Å². The van der Waals surface area contributed by atoms with Gasteiger partial charge in [0.2, 0.25) is 5.91 Å². The van der Waals surface area contributed by atoms with E-state index in [4.69, 9.17) is 9.47 Å². The molecular formula is C16H15NO4. The fourth-order valence-corrected chi connectivity index (χ4v) is 1.69. The molecule has 0 unspecified atom stereocenters. The second kappa shape index (κ2) is 6.56. The smallest absolute Gasteiger partial charge is 0.308 e. The number of anilines is 1. The summed E-state index contributed by atoms with van der Waals surface area (Å²) in [5.41, 5.74) is 0.708. The third kappa shape index (κ3) is 4.65. The predicted octanol–water partition coefficient (Wildman–Crippen LogP) is 3.36. The van der Waals surface area contributed by atoms with Gasteiger partial charge in [-0.05, 0) is 48.5 Å². The highest BCUT2D eigenvalue weighted by molar-refractivity contribution is 5.88. The Morgan fingerprint density at radius 1 is 0.810 bits per heavy atom. The lowest BCUT2D eigenvalue weighted by Gasteiger charge is -2.08. The molecule has 0 radical (unpaired) electrons. The van der Waals surface area contributed by atoms with Gasteiger partial charge in [-0.3, -0.25) is 9.59 Å². The minimum absolute atomic E-state index is 0.121. The average Bonchev–Trinajstić information content (AvgIpc) is 2.42. The van der Waals surface area contributed by atoms with E-state index in [1.807, 2.05) is 0 Å². The molecule has 2 aromatic rings. The highest BCUT2D eigenvalue weighted by Crippen LogP contribution is 2.25. The third-order valence-electron chi connectivity index (χ3n) is 2.50. The van der Waals surface area contributed by atoms with Crippen molar-refractivity contribution in [3.05, 3.63) is 48.5 Å². The number of rotatable bonds is 4. The number of benzene rings is 2. The Bertz CT molecular complexity index is 575. The quantitative estimate of drug-likeness (QED) is 0.691. The zero-order valence-electron chi connectivity index (χ0n) is 11.8. The number of hydrogen-bond acceptors (Lipinski definition) is 4. The van der Waals surface area contributed by atoms with Crippen molar-refractivity contribution in [2.24, 2.45) is 0 Å². The van der Waals surface area contributed by atoms with Gasteiger partial charge >= 0.3 is 5.97 Å². The van der Waals surface area contributed by atoms with Gasteiger partial charge in [0.15, 0.2) is 0 Å². The van der Waals surface area contributed by atoms with Gasteiger partial charge in [-0.15, -0.1) is 0 Å². The first-order valence-electron chi connectivity index (χ1n) is 6.37. The van der Waals surface area contributed by atoms with Gasteiger partial charge in [0.1, 0.15) is 17.2 Å². The average molecular weight is 285 g/mol. The molecule has 0 aromatic heterocycles. The molecule has 21 heavy (non-hydrogen) atoms. The lowest BCUT2D eigenvalue weighted by molar-refractivity contribution is -0.131. The lowest BCUT2D eigenvalue weighted by Crippen LogP contribution is -2.05. The van der Waals surface area contributed by atoms with Crippen LogP contribution in [0.4, 0.5) is 5.69 Å².